The van der Waals surface area contributed by atoms with Crippen molar-refractivity contribution in [3.63, 3.8) is 0 Å². The number of benzene rings is 3. The van der Waals surface area contributed by atoms with Crippen molar-refractivity contribution in [2.24, 2.45) is 7.05 Å². The Hall–Kier alpha value is -4.59. The Kier molecular flexibility index (Phi) is 5.93. The van der Waals surface area contributed by atoms with Crippen LogP contribution in [-0.4, -0.2) is 21.8 Å². The summed E-state index contributed by atoms with van der Waals surface area (Å²) in [5.41, 5.74) is 1.78. The smallest absolute Gasteiger partial charge is 0.331 e. The van der Waals surface area contributed by atoms with Crippen molar-refractivity contribution in [2.45, 2.75) is 13.1 Å². The summed E-state index contributed by atoms with van der Waals surface area (Å²) in [7, 11) is 1.61. The summed E-state index contributed by atoms with van der Waals surface area (Å²) in [6, 6.07) is 19.9. The molecule has 1 N–H and O–H groups in total. The summed E-state index contributed by atoms with van der Waals surface area (Å²) in [6.07, 6.45) is 3.63. The van der Waals surface area contributed by atoms with Crippen molar-refractivity contribution in [1.29, 1.82) is 0 Å². The normalized spacial score (nSPS) is 12.4. The van der Waals surface area contributed by atoms with Gasteiger partial charge in [0.25, 0.3) is 11.5 Å². The monoisotopic (exact) mass is 469 g/mol. The second kappa shape index (κ2) is 9.34. The molecule has 1 aliphatic rings. The molecule has 8 nitrogen and oxygen atoms in total. The second-order valence-corrected chi connectivity index (χ2v) is 8.17. The number of nitrogens with one attached hydrogen (secondary N) is 1. The summed E-state index contributed by atoms with van der Waals surface area (Å²) in [4.78, 5) is 38.8. The molecule has 0 saturated heterocycles. The molecule has 35 heavy (non-hydrogen) atoms. The first-order valence-corrected chi connectivity index (χ1v) is 11.1. The molecule has 2 heterocycles. The average molecular weight is 469 g/mol. The van der Waals surface area contributed by atoms with Crippen LogP contribution in [0.15, 0.2) is 82.4 Å². The predicted molar refractivity (Wildman–Crippen MR) is 133 cm³/mol. The molecule has 176 valence electrons. The highest BCUT2D eigenvalue weighted by Gasteiger charge is 2.15. The third-order valence-electron chi connectivity index (χ3n) is 5.90. The van der Waals surface area contributed by atoms with Gasteiger partial charge in [-0.1, -0.05) is 48.6 Å². The number of allylic oxidation sites excluding steroid dienone is 1. The quantitative estimate of drug-likeness (QED) is 0.469. The number of nitrogens with zero attached hydrogens (tertiary/aromatic N) is 2. The highest BCUT2D eigenvalue weighted by Crippen LogP contribution is 2.32. The fraction of sp³-hybridized carbons (Fsp3) is 0.148. The van der Waals surface area contributed by atoms with E-state index < -0.39 is 11.2 Å². The first-order chi connectivity index (χ1) is 17.0. The van der Waals surface area contributed by atoms with Crippen LogP contribution >= 0.6 is 0 Å². The van der Waals surface area contributed by atoms with Crippen molar-refractivity contribution in [1.82, 2.24) is 14.5 Å². The van der Waals surface area contributed by atoms with E-state index in [1.807, 2.05) is 48.5 Å². The lowest BCUT2D eigenvalue weighted by Crippen LogP contribution is -2.38. The number of ether oxygens (including phenoxy) is 2. The molecule has 0 fully saturated rings. The van der Waals surface area contributed by atoms with Gasteiger partial charge in [-0.15, -0.1) is 0 Å². The topological polar surface area (TPSA) is 91.6 Å². The molecule has 1 aromatic heterocycles. The zero-order valence-corrected chi connectivity index (χ0v) is 19.1. The Morgan fingerprint density at radius 3 is 2.63 bits per heavy atom. The molecule has 0 unspecified atom stereocenters. The van der Waals surface area contributed by atoms with Gasteiger partial charge >= 0.3 is 5.69 Å². The molecule has 1 amide bonds. The zero-order chi connectivity index (χ0) is 24.4. The van der Waals surface area contributed by atoms with Crippen molar-refractivity contribution in [2.75, 3.05) is 6.79 Å². The van der Waals surface area contributed by atoms with Gasteiger partial charge < -0.3 is 14.8 Å². The summed E-state index contributed by atoms with van der Waals surface area (Å²) < 4.78 is 13.3. The minimum atomic E-state index is -0.439. The highest BCUT2D eigenvalue weighted by atomic mass is 16.7. The van der Waals surface area contributed by atoms with Gasteiger partial charge in [0.1, 0.15) is 0 Å². The maximum Gasteiger partial charge on any atom is 0.331 e. The van der Waals surface area contributed by atoms with E-state index in [-0.39, 0.29) is 25.8 Å². The molecule has 4 aromatic rings. The molecular weight excluding hydrogens is 446 g/mol. The van der Waals surface area contributed by atoms with Crippen LogP contribution in [0.4, 0.5) is 0 Å². The summed E-state index contributed by atoms with van der Waals surface area (Å²) in [5.74, 6) is 0.994. The molecular formula is C27H23N3O5. The second-order valence-electron chi connectivity index (χ2n) is 8.17. The number of aromatic nitrogens is 2. The maximum atomic E-state index is 13.2. The standard InChI is InChI=1S/C27H23N3O5/c1-29-22-11-10-20(25(31)28-16-19-9-12-23-24(14-19)35-17-34-23)15-21(22)26(32)30(27(29)33)13-5-8-18-6-3-2-4-7-18/h2-12,14-15H,13,16-17H2,1H3,(H,28,31)/b8-5+. The van der Waals surface area contributed by atoms with E-state index in [9.17, 15) is 14.4 Å². The molecule has 0 radical (unpaired) electrons. The van der Waals surface area contributed by atoms with E-state index in [0.717, 1.165) is 15.7 Å². The molecule has 8 heteroatoms. The van der Waals surface area contributed by atoms with Crippen LogP contribution in [-0.2, 0) is 20.1 Å². The minimum Gasteiger partial charge on any atom is -0.454 e. The molecule has 0 aliphatic carbocycles. The fourth-order valence-corrected chi connectivity index (χ4v) is 4.01. The Bertz CT molecular complexity index is 1570. The van der Waals surface area contributed by atoms with Crippen molar-refractivity contribution in [3.8, 4) is 11.5 Å². The van der Waals surface area contributed by atoms with Gasteiger partial charge in [-0.3, -0.25) is 18.7 Å². The first kappa shape index (κ1) is 22.2. The van der Waals surface area contributed by atoms with Gasteiger partial charge in [0, 0.05) is 25.7 Å². The SMILES string of the molecule is Cn1c(=O)n(C/C=C/c2ccccc2)c(=O)c2cc(C(=O)NCc3ccc4c(c3)OCO4)ccc21. The third kappa shape index (κ3) is 4.46. The van der Waals surface area contributed by atoms with Gasteiger partial charge in [0.05, 0.1) is 10.9 Å². The number of fused-ring (bicyclic) bond motifs is 2. The van der Waals surface area contributed by atoms with Crippen LogP contribution in [0, 0.1) is 0 Å². The van der Waals surface area contributed by atoms with E-state index >= 15 is 0 Å². The Morgan fingerprint density at radius 1 is 1.00 bits per heavy atom. The van der Waals surface area contributed by atoms with Crippen LogP contribution in [0.1, 0.15) is 21.5 Å². The van der Waals surface area contributed by atoms with E-state index in [2.05, 4.69) is 5.32 Å². The average Bonchev–Trinajstić information content (AvgIpc) is 3.36. The molecule has 0 atom stereocenters. The zero-order valence-electron chi connectivity index (χ0n) is 19.1. The highest BCUT2D eigenvalue weighted by molar-refractivity contribution is 5.97. The van der Waals surface area contributed by atoms with Crippen molar-refractivity contribution in [3.05, 3.63) is 110 Å². The lowest BCUT2D eigenvalue weighted by atomic mass is 10.1. The predicted octanol–water partition coefficient (Wildman–Crippen LogP) is 3.07. The molecule has 3 aromatic carbocycles. The van der Waals surface area contributed by atoms with Gasteiger partial charge in [0.2, 0.25) is 6.79 Å². The maximum absolute atomic E-state index is 13.2. The number of rotatable bonds is 6. The number of carbonyl (C=O) groups is 1. The van der Waals surface area contributed by atoms with Crippen molar-refractivity contribution < 1.29 is 14.3 Å². The van der Waals surface area contributed by atoms with E-state index in [0.29, 0.717) is 28.0 Å². The van der Waals surface area contributed by atoms with E-state index in [1.54, 1.807) is 31.3 Å². The lowest BCUT2D eigenvalue weighted by Gasteiger charge is -2.11. The lowest BCUT2D eigenvalue weighted by molar-refractivity contribution is 0.0951. The Morgan fingerprint density at radius 2 is 1.80 bits per heavy atom. The fourth-order valence-electron chi connectivity index (χ4n) is 4.01. The van der Waals surface area contributed by atoms with E-state index in [1.165, 1.54) is 10.6 Å². The first-order valence-electron chi connectivity index (χ1n) is 11.1. The molecule has 0 spiro atoms. The summed E-state index contributed by atoms with van der Waals surface area (Å²) in [6.45, 7) is 0.594. The Balaban J connectivity index is 1.39. The van der Waals surface area contributed by atoms with Crippen LogP contribution in [0.5, 0.6) is 11.5 Å². The number of carbonyl (C=O) groups excluding carboxylic acids is 1. The van der Waals surface area contributed by atoms with Gasteiger partial charge in [-0.25, -0.2) is 4.79 Å². The van der Waals surface area contributed by atoms with E-state index in [4.69, 9.17) is 9.47 Å². The number of aryl methyl sites for hydroxylation is 1. The van der Waals surface area contributed by atoms with Crippen LogP contribution in [0.25, 0.3) is 17.0 Å². The number of amides is 1. The Labute approximate surface area is 200 Å². The molecule has 1 aliphatic heterocycles. The summed E-state index contributed by atoms with van der Waals surface area (Å²) in [5, 5.41) is 3.16. The van der Waals surface area contributed by atoms with Gasteiger partial charge in [0.15, 0.2) is 11.5 Å². The number of hydrogen-bond donors (Lipinski definition) is 1. The third-order valence-corrected chi connectivity index (χ3v) is 5.90. The van der Waals surface area contributed by atoms with Crippen LogP contribution < -0.4 is 26.0 Å². The van der Waals surface area contributed by atoms with Gasteiger partial charge in [-0.05, 0) is 41.5 Å². The minimum absolute atomic E-state index is 0.122. The van der Waals surface area contributed by atoms with Crippen LogP contribution in [0.3, 0.4) is 0 Å². The van der Waals surface area contributed by atoms with Crippen molar-refractivity contribution >= 4 is 22.9 Å². The summed E-state index contributed by atoms with van der Waals surface area (Å²) >= 11 is 0. The van der Waals surface area contributed by atoms with Crippen LogP contribution in [0.2, 0.25) is 0 Å². The molecule has 5 rings (SSSR count). The van der Waals surface area contributed by atoms with Gasteiger partial charge in [-0.2, -0.15) is 0 Å². The number of hydrogen-bond acceptors (Lipinski definition) is 5. The molecule has 0 saturated carbocycles. The molecule has 0 bridgehead atoms. The largest absolute Gasteiger partial charge is 0.454 e.